The molecule has 3 aliphatic rings. The molecule has 7 rings (SSSR count). The molecule has 0 spiro atoms. The highest BCUT2D eigenvalue weighted by Gasteiger charge is 2.36. The highest BCUT2D eigenvalue weighted by Crippen LogP contribution is 2.39. The zero-order chi connectivity index (χ0) is 26.5. The number of hydrogen-bond acceptors (Lipinski definition) is 8. The van der Waals surface area contributed by atoms with Crippen molar-refractivity contribution in [2.75, 3.05) is 28.8 Å². The van der Waals surface area contributed by atoms with Crippen LogP contribution >= 0.6 is 0 Å². The van der Waals surface area contributed by atoms with Gasteiger partial charge >= 0.3 is 6.03 Å². The number of ketones is 1. The predicted molar refractivity (Wildman–Crippen MR) is 143 cm³/mol. The smallest absolute Gasteiger partial charge is 0.323 e. The molecule has 1 aromatic carbocycles. The van der Waals surface area contributed by atoms with E-state index in [1.165, 1.54) is 0 Å². The van der Waals surface area contributed by atoms with Crippen molar-refractivity contribution in [2.24, 2.45) is 13.0 Å². The lowest BCUT2D eigenvalue weighted by Crippen LogP contribution is -2.37. The molecule has 3 aromatic heterocycles. The Bertz CT molecular complexity index is 1640. The lowest BCUT2D eigenvalue weighted by Gasteiger charge is -2.31. The van der Waals surface area contributed by atoms with Gasteiger partial charge in [0.25, 0.3) is 0 Å². The molecule has 196 valence electrons. The zero-order valence-corrected chi connectivity index (χ0v) is 21.0. The van der Waals surface area contributed by atoms with E-state index in [1.54, 1.807) is 55.0 Å². The van der Waals surface area contributed by atoms with Gasteiger partial charge in [-0.15, -0.1) is 0 Å². The van der Waals surface area contributed by atoms with Crippen molar-refractivity contribution in [1.82, 2.24) is 14.5 Å². The summed E-state index contributed by atoms with van der Waals surface area (Å²) in [7, 11) is 1.91. The van der Waals surface area contributed by atoms with Gasteiger partial charge in [-0.05, 0) is 42.5 Å². The number of hydroxylamine groups is 1. The van der Waals surface area contributed by atoms with Gasteiger partial charge in [-0.1, -0.05) is 0 Å². The molecule has 2 fully saturated rings. The van der Waals surface area contributed by atoms with Gasteiger partial charge in [-0.3, -0.25) is 14.8 Å². The van der Waals surface area contributed by atoms with Crippen LogP contribution in [0.25, 0.3) is 17.1 Å². The Balaban J connectivity index is 1.16. The van der Waals surface area contributed by atoms with Crippen LogP contribution < -0.4 is 20.4 Å². The monoisotopic (exact) mass is 524 g/mol. The Labute approximate surface area is 223 Å². The van der Waals surface area contributed by atoms with E-state index < -0.39 is 6.03 Å². The van der Waals surface area contributed by atoms with Crippen molar-refractivity contribution in [2.45, 2.75) is 12.7 Å². The topological polar surface area (TPSA) is 120 Å². The molecule has 2 amide bonds. The molecule has 2 atom stereocenters. The highest BCUT2D eigenvalue weighted by molar-refractivity contribution is 6.16. The summed E-state index contributed by atoms with van der Waals surface area (Å²) in [4.78, 5) is 40.3. The molecule has 2 bridgehead atoms. The summed E-state index contributed by atoms with van der Waals surface area (Å²) in [6, 6.07) is 9.88. The van der Waals surface area contributed by atoms with Gasteiger partial charge in [0, 0.05) is 49.2 Å². The average molecular weight is 525 g/mol. The fraction of sp³-hybridized carbons (Fsp3) is 0.214. The number of carbonyl (C=O) groups excluding carboxylic acids is 2. The number of fused-ring (bicyclic) bond motifs is 4. The van der Waals surface area contributed by atoms with Crippen LogP contribution in [-0.4, -0.2) is 45.8 Å². The molecule has 0 aliphatic carbocycles. The molecular formula is C28H24N6O5. The molecule has 6 heterocycles. The summed E-state index contributed by atoms with van der Waals surface area (Å²) in [5, 5.41) is 8.17. The number of ether oxygens (including phenoxy) is 2. The Morgan fingerprint density at radius 1 is 1.15 bits per heavy atom. The van der Waals surface area contributed by atoms with E-state index in [-0.39, 0.29) is 17.8 Å². The van der Waals surface area contributed by atoms with Crippen molar-refractivity contribution >= 4 is 46.0 Å². The normalized spacial score (nSPS) is 20.8. The molecule has 3 aliphatic heterocycles. The van der Waals surface area contributed by atoms with E-state index >= 15 is 0 Å². The van der Waals surface area contributed by atoms with Crippen molar-refractivity contribution in [3.8, 4) is 5.75 Å². The van der Waals surface area contributed by atoms with Crippen LogP contribution in [0.2, 0.25) is 0 Å². The number of benzene rings is 1. The number of allylic oxidation sites excluding steroid dienone is 1. The Morgan fingerprint density at radius 3 is 2.90 bits per heavy atom. The predicted octanol–water partition coefficient (Wildman–Crippen LogP) is 4.34. The van der Waals surface area contributed by atoms with E-state index in [4.69, 9.17) is 14.3 Å². The summed E-state index contributed by atoms with van der Waals surface area (Å²) < 4.78 is 13.6. The van der Waals surface area contributed by atoms with E-state index in [9.17, 15) is 9.59 Å². The number of anilines is 3. The van der Waals surface area contributed by atoms with Crippen LogP contribution in [0.3, 0.4) is 0 Å². The minimum absolute atomic E-state index is 0.187. The summed E-state index contributed by atoms with van der Waals surface area (Å²) in [6.45, 7) is 1.40. The molecule has 0 saturated carbocycles. The van der Waals surface area contributed by atoms with Gasteiger partial charge in [0.15, 0.2) is 12.0 Å². The first kappa shape index (κ1) is 23.4. The maximum absolute atomic E-state index is 13.3. The first-order chi connectivity index (χ1) is 19.0. The molecule has 2 unspecified atom stereocenters. The molecule has 2 N–H and O–H groups in total. The Hall–Kier alpha value is -4.74. The maximum atomic E-state index is 13.3. The van der Waals surface area contributed by atoms with E-state index in [1.807, 2.05) is 28.9 Å². The lowest BCUT2D eigenvalue weighted by molar-refractivity contribution is -0.121. The van der Waals surface area contributed by atoms with Gasteiger partial charge in [-0.25, -0.2) is 14.6 Å². The van der Waals surface area contributed by atoms with Crippen LogP contribution in [0, 0.1) is 5.92 Å². The van der Waals surface area contributed by atoms with Crippen molar-refractivity contribution in [3.63, 3.8) is 0 Å². The average Bonchev–Trinajstić information content (AvgIpc) is 3.56. The van der Waals surface area contributed by atoms with Gasteiger partial charge in [0.2, 0.25) is 5.78 Å². The number of rotatable bonds is 4. The molecule has 11 heteroatoms. The minimum atomic E-state index is -0.445. The SMILES string of the molecule is Cn1cc(/C=C2\Oc3ccc(NC(=O)Nc4cccnc4)cc3C2=O)c2c(N3CC4COC(C4)O3)ccnc21. The summed E-state index contributed by atoms with van der Waals surface area (Å²) in [6.07, 6.45) is 9.20. The summed E-state index contributed by atoms with van der Waals surface area (Å²) in [5.41, 5.74) is 3.79. The Kier molecular flexibility index (Phi) is 5.53. The van der Waals surface area contributed by atoms with Crippen LogP contribution in [0.4, 0.5) is 21.9 Å². The molecule has 2 saturated heterocycles. The van der Waals surface area contributed by atoms with Gasteiger partial charge in [-0.2, -0.15) is 0 Å². The van der Waals surface area contributed by atoms with Crippen LogP contribution in [0.1, 0.15) is 22.3 Å². The van der Waals surface area contributed by atoms with Gasteiger partial charge in [0.05, 0.1) is 41.7 Å². The van der Waals surface area contributed by atoms with Crippen LogP contribution in [0.15, 0.2) is 66.9 Å². The first-order valence-electron chi connectivity index (χ1n) is 12.6. The van der Waals surface area contributed by atoms with Crippen molar-refractivity contribution in [1.29, 1.82) is 0 Å². The highest BCUT2D eigenvalue weighted by atomic mass is 16.8. The molecule has 11 nitrogen and oxygen atoms in total. The number of nitrogens with one attached hydrogen (secondary N) is 2. The quantitative estimate of drug-likeness (QED) is 0.379. The third-order valence-electron chi connectivity index (χ3n) is 6.98. The lowest BCUT2D eigenvalue weighted by atomic mass is 10.1. The second kappa shape index (κ2) is 9.22. The zero-order valence-electron chi connectivity index (χ0n) is 21.0. The summed E-state index contributed by atoms with van der Waals surface area (Å²) >= 11 is 0. The maximum Gasteiger partial charge on any atom is 0.323 e. The van der Waals surface area contributed by atoms with E-state index in [0.29, 0.717) is 41.8 Å². The van der Waals surface area contributed by atoms with Crippen molar-refractivity contribution < 1.29 is 23.9 Å². The second-order valence-electron chi connectivity index (χ2n) is 9.73. The van der Waals surface area contributed by atoms with Crippen LogP contribution in [-0.2, 0) is 16.6 Å². The molecule has 4 aromatic rings. The van der Waals surface area contributed by atoms with Crippen molar-refractivity contribution in [3.05, 3.63) is 78.1 Å². The van der Waals surface area contributed by atoms with Gasteiger partial charge < -0.3 is 24.7 Å². The number of urea groups is 1. The second-order valence-corrected chi connectivity index (χ2v) is 9.73. The number of nitrogens with zero attached hydrogens (tertiary/aromatic N) is 4. The third-order valence-corrected chi connectivity index (χ3v) is 6.98. The molecular weight excluding hydrogens is 500 g/mol. The number of aromatic nitrogens is 3. The van der Waals surface area contributed by atoms with E-state index in [2.05, 4.69) is 20.6 Å². The van der Waals surface area contributed by atoms with E-state index in [0.717, 1.165) is 28.7 Å². The number of Topliss-reactive ketones (excluding diaryl/α,β-unsaturated/α-hetero) is 1. The van der Waals surface area contributed by atoms with Crippen LogP contribution in [0.5, 0.6) is 5.75 Å². The number of carbonyl (C=O) groups is 2. The standard InChI is InChI=1S/C28H24N6O5/c1-33-14-17(25-21(6-8-30-27(25)33)34-13-16-9-24(39-34)37-15-16)10-23-26(35)20-11-18(4-5-22(20)38-23)31-28(36)32-19-3-2-7-29-12-19/h2-8,10-12,14,16,24H,9,13,15H2,1H3,(H2,31,32,36)/b23-10-. The number of pyridine rings is 2. The number of amides is 2. The third kappa shape index (κ3) is 4.27. The fourth-order valence-electron chi connectivity index (χ4n) is 5.20. The van der Waals surface area contributed by atoms with Gasteiger partial charge in [0.1, 0.15) is 11.4 Å². The largest absolute Gasteiger partial charge is 0.452 e. The number of hydrogen-bond donors (Lipinski definition) is 2. The Morgan fingerprint density at radius 2 is 2.05 bits per heavy atom. The molecule has 0 radical (unpaired) electrons. The number of aryl methyl sites for hydroxylation is 1. The molecule has 39 heavy (non-hydrogen) atoms. The first-order valence-corrected chi connectivity index (χ1v) is 12.6. The minimum Gasteiger partial charge on any atom is -0.452 e. The summed E-state index contributed by atoms with van der Waals surface area (Å²) in [5.74, 6) is 0.744. The fourth-order valence-corrected chi connectivity index (χ4v) is 5.20.